The molecule has 1 amide bonds. The van der Waals surface area contributed by atoms with Crippen LogP contribution < -0.4 is 10.5 Å². The number of primary amides is 1. The zero-order valence-corrected chi connectivity index (χ0v) is 17.6. The Hall–Kier alpha value is -1.65. The molecule has 1 aromatic rings. The first kappa shape index (κ1) is 21.1. The van der Waals surface area contributed by atoms with E-state index in [1.54, 1.807) is 13.0 Å². The second-order valence-corrected chi connectivity index (χ2v) is 11.9. The molecule has 2 fully saturated rings. The van der Waals surface area contributed by atoms with E-state index in [4.69, 9.17) is 10.5 Å². The molecule has 3 rings (SSSR count). The minimum atomic E-state index is -3.85. The molecule has 0 aliphatic carbocycles. The Morgan fingerprint density at radius 3 is 2.39 bits per heavy atom. The molecule has 2 aliphatic rings. The average Bonchev–Trinajstić information content (AvgIpc) is 2.98. The number of carbonyl (C=O) groups excluding carboxylic acids is 1. The molecule has 2 N–H and O–H groups in total. The van der Waals surface area contributed by atoms with E-state index in [0.29, 0.717) is 37.2 Å². The lowest BCUT2D eigenvalue weighted by Crippen LogP contribution is -2.50. The largest absolute Gasteiger partial charge is 0.496 e. The summed E-state index contributed by atoms with van der Waals surface area (Å²) in [5.41, 5.74) is 6.03. The van der Waals surface area contributed by atoms with Crippen LogP contribution in [0.4, 0.5) is 0 Å². The number of hydrogen-bond acceptors (Lipinski definition) is 7. The van der Waals surface area contributed by atoms with Gasteiger partial charge in [0.1, 0.15) is 5.75 Å². The maximum absolute atomic E-state index is 13.3. The highest BCUT2D eigenvalue weighted by Crippen LogP contribution is 2.32. The molecule has 0 saturated carbocycles. The minimum absolute atomic E-state index is 0.102. The van der Waals surface area contributed by atoms with E-state index in [-0.39, 0.29) is 28.2 Å². The fraction of sp³-hybridized carbons (Fsp3) is 0.611. The molecule has 2 unspecified atom stereocenters. The minimum Gasteiger partial charge on any atom is -0.496 e. The fourth-order valence-corrected chi connectivity index (χ4v) is 9.07. The Morgan fingerprint density at radius 2 is 1.86 bits per heavy atom. The molecule has 2 heterocycles. The number of rotatable bonds is 5. The van der Waals surface area contributed by atoms with Crippen LogP contribution in [0.2, 0.25) is 0 Å². The summed E-state index contributed by atoms with van der Waals surface area (Å²) < 4.78 is 56.4. The Kier molecular flexibility index (Phi) is 5.75. The van der Waals surface area contributed by atoms with Crippen molar-refractivity contribution >= 4 is 25.6 Å². The molecule has 2 atom stereocenters. The van der Waals surface area contributed by atoms with Gasteiger partial charge >= 0.3 is 0 Å². The third-order valence-corrected chi connectivity index (χ3v) is 9.88. The number of likely N-dealkylation sites (tertiary alicyclic amines) is 1. The number of nitrogens with zero attached hydrogens (tertiary/aromatic N) is 1. The molecule has 10 heteroatoms. The predicted octanol–water partition coefficient (Wildman–Crippen LogP) is 0.140. The Labute approximate surface area is 165 Å². The molecule has 28 heavy (non-hydrogen) atoms. The summed E-state index contributed by atoms with van der Waals surface area (Å²) in [5.74, 6) is -0.609. The summed E-state index contributed by atoms with van der Waals surface area (Å²) in [6.07, 6.45) is 1.03. The molecule has 0 spiro atoms. The van der Waals surface area contributed by atoms with Gasteiger partial charge in [0.05, 0.1) is 28.8 Å². The second-order valence-electron chi connectivity index (χ2n) is 7.57. The smallest absolute Gasteiger partial charge is 0.220 e. The number of hydrogen-bond donors (Lipinski definition) is 1. The van der Waals surface area contributed by atoms with Gasteiger partial charge < -0.3 is 10.5 Å². The van der Waals surface area contributed by atoms with E-state index >= 15 is 0 Å². The van der Waals surface area contributed by atoms with Gasteiger partial charge in [-0.25, -0.2) is 16.8 Å². The van der Waals surface area contributed by atoms with Crippen molar-refractivity contribution in [3.8, 4) is 5.75 Å². The molecule has 0 bridgehead atoms. The number of sulfone groups is 2. The molecular formula is C18H26N2O6S2. The zero-order chi connectivity index (χ0) is 20.7. The number of ether oxygens (including phenoxy) is 1. The van der Waals surface area contributed by atoms with Crippen molar-refractivity contribution < 1.29 is 26.4 Å². The topological polar surface area (TPSA) is 124 Å². The number of nitrogens with two attached hydrogens (primary N) is 1. The summed E-state index contributed by atoms with van der Waals surface area (Å²) in [6, 6.07) is 3.95. The van der Waals surface area contributed by atoms with Crippen LogP contribution in [0, 0.1) is 12.8 Å². The van der Waals surface area contributed by atoms with Crippen molar-refractivity contribution in [3.63, 3.8) is 0 Å². The maximum Gasteiger partial charge on any atom is 0.220 e. The van der Waals surface area contributed by atoms with Crippen molar-refractivity contribution in [1.29, 1.82) is 0 Å². The van der Waals surface area contributed by atoms with E-state index in [0.717, 1.165) is 0 Å². The van der Waals surface area contributed by atoms with E-state index in [2.05, 4.69) is 0 Å². The summed E-state index contributed by atoms with van der Waals surface area (Å²) in [4.78, 5) is 13.4. The second kappa shape index (κ2) is 7.64. The molecule has 1 aromatic carbocycles. The van der Waals surface area contributed by atoms with Crippen molar-refractivity contribution in [1.82, 2.24) is 4.90 Å². The number of benzene rings is 1. The Morgan fingerprint density at radius 1 is 1.21 bits per heavy atom. The summed E-state index contributed by atoms with van der Waals surface area (Å²) in [7, 11) is -5.82. The number of methoxy groups -OCH3 is 1. The first-order valence-electron chi connectivity index (χ1n) is 9.17. The van der Waals surface area contributed by atoms with Gasteiger partial charge in [-0.3, -0.25) is 9.69 Å². The van der Waals surface area contributed by atoms with Crippen molar-refractivity contribution in [2.75, 3.05) is 31.7 Å². The Balaban J connectivity index is 1.90. The van der Waals surface area contributed by atoms with E-state index in [1.165, 1.54) is 19.2 Å². The van der Waals surface area contributed by atoms with Gasteiger partial charge in [0.2, 0.25) is 5.91 Å². The molecule has 2 aliphatic heterocycles. The number of aryl methyl sites for hydroxylation is 1. The van der Waals surface area contributed by atoms with Crippen LogP contribution in [-0.4, -0.2) is 70.6 Å². The molecular weight excluding hydrogens is 404 g/mol. The summed E-state index contributed by atoms with van der Waals surface area (Å²) in [6.45, 7) is 2.66. The van der Waals surface area contributed by atoms with Crippen LogP contribution in [0.25, 0.3) is 0 Å². The number of carbonyl (C=O) groups is 1. The summed E-state index contributed by atoms with van der Waals surface area (Å²) in [5, 5.41) is -1.03. The lowest BCUT2D eigenvalue weighted by atomic mass is 9.95. The van der Waals surface area contributed by atoms with Crippen molar-refractivity contribution in [3.05, 3.63) is 23.8 Å². The third-order valence-electron chi connectivity index (χ3n) is 5.77. The van der Waals surface area contributed by atoms with Crippen LogP contribution in [-0.2, 0) is 24.5 Å². The van der Waals surface area contributed by atoms with Gasteiger partial charge in [0, 0.05) is 12.0 Å². The van der Waals surface area contributed by atoms with Crippen LogP contribution in [0.15, 0.2) is 23.1 Å². The van der Waals surface area contributed by atoms with E-state index in [1.807, 2.05) is 4.90 Å². The highest BCUT2D eigenvalue weighted by molar-refractivity contribution is 7.96. The van der Waals surface area contributed by atoms with Crippen LogP contribution in [0.5, 0.6) is 5.75 Å². The van der Waals surface area contributed by atoms with Crippen LogP contribution in [0.3, 0.4) is 0 Å². The highest BCUT2D eigenvalue weighted by Gasteiger charge is 2.48. The average molecular weight is 431 g/mol. The van der Waals surface area contributed by atoms with Crippen molar-refractivity contribution in [2.24, 2.45) is 11.7 Å². The first-order valence-corrected chi connectivity index (χ1v) is 12.5. The highest BCUT2D eigenvalue weighted by atomic mass is 32.2. The van der Waals surface area contributed by atoms with Gasteiger partial charge in [-0.1, -0.05) is 0 Å². The van der Waals surface area contributed by atoms with E-state index < -0.39 is 31.0 Å². The normalized spacial score (nSPS) is 26.2. The third kappa shape index (κ3) is 4.04. The quantitative estimate of drug-likeness (QED) is 0.705. The zero-order valence-electron chi connectivity index (χ0n) is 16.0. The van der Waals surface area contributed by atoms with Crippen LogP contribution >= 0.6 is 0 Å². The van der Waals surface area contributed by atoms with Gasteiger partial charge in [0.25, 0.3) is 0 Å². The molecule has 0 radical (unpaired) electrons. The van der Waals surface area contributed by atoms with Gasteiger partial charge in [-0.05, 0) is 56.6 Å². The summed E-state index contributed by atoms with van der Waals surface area (Å²) >= 11 is 0. The number of amides is 1. The van der Waals surface area contributed by atoms with E-state index in [9.17, 15) is 21.6 Å². The fourth-order valence-electron chi connectivity index (χ4n) is 4.15. The molecule has 0 aromatic heterocycles. The SMILES string of the molecule is COc1ccc(S(=O)(=O)C2CS(=O)(=O)CC2N2CCC(C(N)=O)CC2)cc1C. The lowest BCUT2D eigenvalue weighted by Gasteiger charge is -2.36. The Bertz CT molecular complexity index is 966. The lowest BCUT2D eigenvalue weighted by molar-refractivity contribution is -0.123. The first-order chi connectivity index (χ1) is 13.0. The van der Waals surface area contributed by atoms with Gasteiger partial charge in [-0.15, -0.1) is 0 Å². The standard InChI is InChI=1S/C18H26N2O6S2/c1-12-9-14(3-4-16(12)26-2)28(24,25)17-11-27(22,23)10-15(17)20-7-5-13(6-8-20)18(19)21/h3-4,9,13,15,17H,5-8,10-11H2,1-2H3,(H2,19,21). The van der Waals surface area contributed by atoms with Gasteiger partial charge in [-0.2, -0.15) is 0 Å². The number of piperidine rings is 1. The maximum atomic E-state index is 13.3. The van der Waals surface area contributed by atoms with Crippen LogP contribution in [0.1, 0.15) is 18.4 Å². The van der Waals surface area contributed by atoms with Gasteiger partial charge in [0.15, 0.2) is 19.7 Å². The predicted molar refractivity (Wildman–Crippen MR) is 105 cm³/mol. The molecule has 156 valence electrons. The molecule has 8 nitrogen and oxygen atoms in total. The molecule has 2 saturated heterocycles. The monoisotopic (exact) mass is 430 g/mol. The van der Waals surface area contributed by atoms with Crippen molar-refractivity contribution in [2.45, 2.75) is 36.0 Å².